The van der Waals surface area contributed by atoms with Gasteiger partial charge >= 0.3 is 0 Å². The summed E-state index contributed by atoms with van der Waals surface area (Å²) in [5.74, 6) is 0.954. The van der Waals surface area contributed by atoms with E-state index in [2.05, 4.69) is 39.4 Å². The van der Waals surface area contributed by atoms with Gasteiger partial charge in [0.1, 0.15) is 0 Å². The van der Waals surface area contributed by atoms with E-state index in [-0.39, 0.29) is 17.6 Å². The standard InChI is InChI=1S/C23H33N3O2/c27-20-6-3-13-26(20)16-17-7-14-25(15-8-17)21-18-4-1-2-5-19(18)23(22(21)28)9-11-24-12-10-23/h1-2,4-5,17,21-22,24,28H,3,6-16H2/t21-,22+/m1/s1. The third kappa shape index (κ3) is 2.99. The number of nitrogens with one attached hydrogen (secondary N) is 1. The maximum atomic E-state index is 12.0. The van der Waals surface area contributed by atoms with Gasteiger partial charge in [-0.05, 0) is 75.3 Å². The molecule has 3 aliphatic heterocycles. The van der Waals surface area contributed by atoms with E-state index in [1.165, 1.54) is 11.1 Å². The number of aliphatic hydroxyl groups excluding tert-OH is 1. The highest BCUT2D eigenvalue weighted by Crippen LogP contribution is 2.52. The van der Waals surface area contributed by atoms with Gasteiger partial charge in [-0.25, -0.2) is 0 Å². The zero-order valence-electron chi connectivity index (χ0n) is 16.8. The summed E-state index contributed by atoms with van der Waals surface area (Å²) in [6.45, 7) is 5.92. The predicted molar refractivity (Wildman–Crippen MR) is 109 cm³/mol. The van der Waals surface area contributed by atoms with Crippen molar-refractivity contribution < 1.29 is 9.90 Å². The Hall–Kier alpha value is -1.43. The molecule has 1 spiro atoms. The Balaban J connectivity index is 1.31. The van der Waals surface area contributed by atoms with Crippen LogP contribution < -0.4 is 5.32 Å². The zero-order chi connectivity index (χ0) is 19.1. The molecule has 5 rings (SSSR count). The number of piperidine rings is 2. The van der Waals surface area contributed by atoms with Gasteiger partial charge in [-0.1, -0.05) is 24.3 Å². The SMILES string of the molecule is O=C1CCCN1CC1CCN([C@@H]2c3ccccc3C3(CCNCC3)[C@H]2O)CC1. The van der Waals surface area contributed by atoms with Gasteiger partial charge in [0.2, 0.25) is 5.91 Å². The van der Waals surface area contributed by atoms with Gasteiger partial charge in [-0.3, -0.25) is 9.69 Å². The Morgan fingerprint density at radius 1 is 1.11 bits per heavy atom. The van der Waals surface area contributed by atoms with E-state index >= 15 is 0 Å². The minimum atomic E-state index is -0.316. The van der Waals surface area contributed by atoms with Crippen LogP contribution in [0.1, 0.15) is 55.7 Å². The lowest BCUT2D eigenvalue weighted by Crippen LogP contribution is -2.50. The Kier molecular flexibility index (Phi) is 4.93. The van der Waals surface area contributed by atoms with E-state index in [9.17, 15) is 9.90 Å². The molecule has 0 saturated carbocycles. The molecule has 1 aromatic rings. The fourth-order valence-electron chi connectivity index (χ4n) is 6.30. The molecule has 0 radical (unpaired) electrons. The van der Waals surface area contributed by atoms with Crippen LogP contribution >= 0.6 is 0 Å². The average Bonchev–Trinajstić information content (AvgIpc) is 3.23. The second-order valence-electron chi connectivity index (χ2n) is 9.31. The number of likely N-dealkylation sites (tertiary alicyclic amines) is 2. The largest absolute Gasteiger partial charge is 0.390 e. The number of carbonyl (C=O) groups is 1. The molecule has 1 aromatic carbocycles. The van der Waals surface area contributed by atoms with E-state index < -0.39 is 0 Å². The van der Waals surface area contributed by atoms with Gasteiger partial charge in [0, 0.05) is 24.9 Å². The highest BCUT2D eigenvalue weighted by Gasteiger charge is 2.53. The van der Waals surface area contributed by atoms with Crippen LogP contribution in [0.2, 0.25) is 0 Å². The minimum absolute atomic E-state index is 0.0780. The number of carbonyl (C=O) groups excluding carboxylic acids is 1. The molecule has 152 valence electrons. The van der Waals surface area contributed by atoms with Gasteiger partial charge < -0.3 is 15.3 Å². The first kappa shape index (κ1) is 18.6. The molecule has 28 heavy (non-hydrogen) atoms. The minimum Gasteiger partial charge on any atom is -0.390 e. The molecule has 5 nitrogen and oxygen atoms in total. The predicted octanol–water partition coefficient (Wildman–Crippen LogP) is 2.06. The molecule has 0 unspecified atom stereocenters. The molecule has 3 heterocycles. The molecule has 1 aliphatic carbocycles. The van der Waals surface area contributed by atoms with Gasteiger partial charge in [0.05, 0.1) is 12.1 Å². The first-order chi connectivity index (χ1) is 13.7. The second kappa shape index (κ2) is 7.43. The molecular formula is C23H33N3O2. The Morgan fingerprint density at radius 3 is 2.57 bits per heavy atom. The quantitative estimate of drug-likeness (QED) is 0.839. The van der Waals surface area contributed by atoms with E-state index in [1.807, 2.05) is 0 Å². The number of hydrogen-bond acceptors (Lipinski definition) is 4. The summed E-state index contributed by atoms with van der Waals surface area (Å²) < 4.78 is 0. The highest BCUT2D eigenvalue weighted by molar-refractivity contribution is 5.78. The third-order valence-corrected chi connectivity index (χ3v) is 7.87. The van der Waals surface area contributed by atoms with Crippen LogP contribution in [-0.2, 0) is 10.2 Å². The summed E-state index contributed by atoms with van der Waals surface area (Å²) in [6, 6.07) is 8.90. The Morgan fingerprint density at radius 2 is 1.86 bits per heavy atom. The van der Waals surface area contributed by atoms with Crippen LogP contribution in [0.25, 0.3) is 0 Å². The summed E-state index contributed by atoms with van der Waals surface area (Å²) in [5, 5.41) is 15.0. The molecule has 1 amide bonds. The van der Waals surface area contributed by atoms with Crippen molar-refractivity contribution in [1.29, 1.82) is 0 Å². The van der Waals surface area contributed by atoms with Crippen LogP contribution in [0, 0.1) is 5.92 Å². The molecule has 4 aliphatic rings. The fraction of sp³-hybridized carbons (Fsp3) is 0.696. The van der Waals surface area contributed by atoms with Gasteiger partial charge in [0.15, 0.2) is 0 Å². The molecule has 2 N–H and O–H groups in total. The first-order valence-electron chi connectivity index (χ1n) is 11.2. The summed E-state index contributed by atoms with van der Waals surface area (Å²) in [4.78, 5) is 16.6. The fourth-order valence-corrected chi connectivity index (χ4v) is 6.30. The summed E-state index contributed by atoms with van der Waals surface area (Å²) in [6.07, 6.45) is 5.75. The topological polar surface area (TPSA) is 55.8 Å². The van der Waals surface area contributed by atoms with Crippen molar-refractivity contribution in [2.45, 2.75) is 56.1 Å². The summed E-state index contributed by atoms with van der Waals surface area (Å²) >= 11 is 0. The molecule has 0 bridgehead atoms. The van der Waals surface area contributed by atoms with Gasteiger partial charge in [-0.2, -0.15) is 0 Å². The molecule has 0 aromatic heterocycles. The lowest BCUT2D eigenvalue weighted by Gasteiger charge is -2.43. The van der Waals surface area contributed by atoms with Crippen molar-refractivity contribution in [3.8, 4) is 0 Å². The smallest absolute Gasteiger partial charge is 0.222 e. The number of rotatable bonds is 3. The van der Waals surface area contributed by atoms with E-state index in [4.69, 9.17) is 0 Å². The average molecular weight is 384 g/mol. The van der Waals surface area contributed by atoms with Crippen molar-refractivity contribution in [2.24, 2.45) is 5.92 Å². The highest BCUT2D eigenvalue weighted by atomic mass is 16.3. The summed E-state index contributed by atoms with van der Waals surface area (Å²) in [7, 11) is 0. The molecule has 3 saturated heterocycles. The summed E-state index contributed by atoms with van der Waals surface area (Å²) in [5.41, 5.74) is 2.66. The number of hydrogen-bond donors (Lipinski definition) is 2. The van der Waals surface area contributed by atoms with Crippen LogP contribution in [0.5, 0.6) is 0 Å². The van der Waals surface area contributed by atoms with Crippen molar-refractivity contribution in [1.82, 2.24) is 15.1 Å². The van der Waals surface area contributed by atoms with Crippen molar-refractivity contribution in [3.63, 3.8) is 0 Å². The number of aliphatic hydroxyl groups is 1. The van der Waals surface area contributed by atoms with Crippen LogP contribution in [-0.4, -0.2) is 66.2 Å². The van der Waals surface area contributed by atoms with Crippen molar-refractivity contribution in [3.05, 3.63) is 35.4 Å². The maximum absolute atomic E-state index is 12.0. The molecule has 2 atom stereocenters. The molecule has 5 heteroatoms. The molecular weight excluding hydrogens is 350 g/mol. The van der Waals surface area contributed by atoms with Crippen LogP contribution in [0.15, 0.2) is 24.3 Å². The third-order valence-electron chi connectivity index (χ3n) is 7.87. The zero-order valence-corrected chi connectivity index (χ0v) is 16.8. The number of amides is 1. The van der Waals surface area contributed by atoms with Crippen molar-refractivity contribution >= 4 is 5.91 Å². The first-order valence-corrected chi connectivity index (χ1v) is 11.2. The number of fused-ring (bicyclic) bond motifs is 2. The number of benzene rings is 1. The van der Waals surface area contributed by atoms with Gasteiger partial charge in [-0.15, -0.1) is 0 Å². The van der Waals surface area contributed by atoms with Gasteiger partial charge in [0.25, 0.3) is 0 Å². The van der Waals surface area contributed by atoms with E-state index in [1.54, 1.807) is 0 Å². The monoisotopic (exact) mass is 383 g/mol. The van der Waals surface area contributed by atoms with E-state index in [0.29, 0.717) is 11.8 Å². The van der Waals surface area contributed by atoms with Crippen LogP contribution in [0.4, 0.5) is 0 Å². The van der Waals surface area contributed by atoms with Crippen molar-refractivity contribution in [2.75, 3.05) is 39.3 Å². The van der Waals surface area contributed by atoms with Crippen LogP contribution in [0.3, 0.4) is 0 Å². The second-order valence-corrected chi connectivity index (χ2v) is 9.31. The normalized spacial score (nSPS) is 30.9. The lowest BCUT2D eigenvalue weighted by atomic mass is 9.72. The number of nitrogens with zero attached hydrogens (tertiary/aromatic N) is 2. The Labute approximate surface area is 168 Å². The molecule has 3 fully saturated rings. The lowest BCUT2D eigenvalue weighted by molar-refractivity contribution is -0.128. The van der Waals surface area contributed by atoms with E-state index in [0.717, 1.165) is 77.8 Å². The maximum Gasteiger partial charge on any atom is 0.222 e. The Bertz CT molecular complexity index is 722.